The highest BCUT2D eigenvalue weighted by Crippen LogP contribution is 2.20. The van der Waals surface area contributed by atoms with Crippen LogP contribution in [-0.4, -0.2) is 26.4 Å². The van der Waals surface area contributed by atoms with Crippen LogP contribution in [0.25, 0.3) is 0 Å². The summed E-state index contributed by atoms with van der Waals surface area (Å²) in [5.74, 6) is 7.65. The van der Waals surface area contributed by atoms with Crippen LogP contribution >= 0.6 is 11.8 Å². The molecular formula is C21H23FN4O2S. The first-order valence-electron chi connectivity index (χ1n) is 9.24. The third-order valence-electron chi connectivity index (χ3n) is 4.24. The maximum atomic E-state index is 12.9. The van der Waals surface area contributed by atoms with E-state index in [0.717, 1.165) is 16.9 Å². The van der Waals surface area contributed by atoms with E-state index in [1.807, 2.05) is 26.0 Å². The molecule has 0 amide bonds. The number of benzene rings is 2. The number of carbonyl (C=O) groups is 1. The van der Waals surface area contributed by atoms with Crippen molar-refractivity contribution in [3.05, 3.63) is 70.8 Å². The van der Waals surface area contributed by atoms with E-state index >= 15 is 0 Å². The molecule has 0 saturated carbocycles. The summed E-state index contributed by atoms with van der Waals surface area (Å²) in [6.45, 7) is 4.25. The number of carbonyl (C=O) groups excluding carboxylic acids is 1. The number of hydrogen-bond donors (Lipinski definition) is 1. The molecule has 152 valence electrons. The lowest BCUT2D eigenvalue weighted by atomic mass is 10.1. The third kappa shape index (κ3) is 5.80. The topological polar surface area (TPSA) is 83.0 Å². The molecule has 0 spiro atoms. The Morgan fingerprint density at radius 1 is 1.14 bits per heavy atom. The predicted molar refractivity (Wildman–Crippen MR) is 111 cm³/mol. The molecule has 1 heterocycles. The molecule has 3 rings (SSSR count). The first-order chi connectivity index (χ1) is 13.9. The van der Waals surface area contributed by atoms with E-state index in [1.165, 1.54) is 40.7 Å². The first-order valence-corrected chi connectivity index (χ1v) is 10.2. The van der Waals surface area contributed by atoms with Crippen LogP contribution in [0.5, 0.6) is 5.75 Å². The minimum atomic E-state index is -0.350. The van der Waals surface area contributed by atoms with Crippen LogP contribution in [0.2, 0.25) is 0 Å². The van der Waals surface area contributed by atoms with Crippen molar-refractivity contribution in [2.45, 2.75) is 38.5 Å². The molecule has 0 fully saturated rings. The van der Waals surface area contributed by atoms with Crippen LogP contribution in [0.3, 0.4) is 0 Å². The molecule has 29 heavy (non-hydrogen) atoms. The largest absolute Gasteiger partial charge is 0.486 e. The number of nitrogen functional groups attached to an aromatic ring is 1. The van der Waals surface area contributed by atoms with Gasteiger partial charge in [0.15, 0.2) is 11.6 Å². The Hall–Kier alpha value is -2.87. The summed E-state index contributed by atoms with van der Waals surface area (Å²) in [6, 6.07) is 11.6. The van der Waals surface area contributed by atoms with Gasteiger partial charge in [-0.3, -0.25) is 4.79 Å². The molecule has 1 aromatic heterocycles. The minimum absolute atomic E-state index is 0.0117. The van der Waals surface area contributed by atoms with Gasteiger partial charge in [0.25, 0.3) is 0 Å². The summed E-state index contributed by atoms with van der Waals surface area (Å²) >= 11 is 1.43. The summed E-state index contributed by atoms with van der Waals surface area (Å²) in [7, 11) is 0. The smallest absolute Gasteiger partial charge is 0.209 e. The number of thioether (sulfide) groups is 1. The van der Waals surface area contributed by atoms with Gasteiger partial charge in [-0.15, -0.1) is 10.2 Å². The molecule has 0 radical (unpaired) electrons. The van der Waals surface area contributed by atoms with E-state index in [-0.39, 0.29) is 18.2 Å². The van der Waals surface area contributed by atoms with E-state index in [9.17, 15) is 9.18 Å². The number of rotatable bonds is 9. The summed E-state index contributed by atoms with van der Waals surface area (Å²) in [4.78, 5) is 12.1. The quantitative estimate of drug-likeness (QED) is 0.246. The van der Waals surface area contributed by atoms with Crippen molar-refractivity contribution < 1.29 is 13.9 Å². The highest BCUT2D eigenvalue weighted by atomic mass is 32.2. The van der Waals surface area contributed by atoms with Gasteiger partial charge in [0.1, 0.15) is 18.2 Å². The van der Waals surface area contributed by atoms with Gasteiger partial charge in [-0.25, -0.2) is 9.07 Å². The van der Waals surface area contributed by atoms with Gasteiger partial charge in [-0.05, 0) is 67.8 Å². The maximum Gasteiger partial charge on any atom is 0.209 e. The number of nitrogens with two attached hydrogens (primary N) is 1. The molecule has 2 aromatic carbocycles. The fourth-order valence-corrected chi connectivity index (χ4v) is 3.66. The molecule has 3 aromatic rings. The van der Waals surface area contributed by atoms with Gasteiger partial charge in [0.05, 0.1) is 0 Å². The molecule has 0 aliphatic rings. The summed E-state index contributed by atoms with van der Waals surface area (Å²) in [5, 5.41) is 8.74. The minimum Gasteiger partial charge on any atom is -0.486 e. The molecule has 6 nitrogen and oxygen atoms in total. The van der Waals surface area contributed by atoms with Gasteiger partial charge < -0.3 is 10.6 Å². The van der Waals surface area contributed by atoms with E-state index in [1.54, 1.807) is 0 Å². The zero-order valence-corrected chi connectivity index (χ0v) is 17.2. The van der Waals surface area contributed by atoms with Crippen molar-refractivity contribution in [1.82, 2.24) is 14.9 Å². The number of aromatic nitrogens is 3. The average Bonchev–Trinajstić information content (AvgIpc) is 3.03. The summed E-state index contributed by atoms with van der Waals surface area (Å²) < 4.78 is 20.1. The summed E-state index contributed by atoms with van der Waals surface area (Å²) in [5.41, 5.74) is 2.77. The van der Waals surface area contributed by atoms with Crippen molar-refractivity contribution in [3.8, 4) is 5.75 Å². The van der Waals surface area contributed by atoms with E-state index < -0.39 is 0 Å². The number of ketones is 1. The van der Waals surface area contributed by atoms with Crippen molar-refractivity contribution in [2.24, 2.45) is 0 Å². The molecule has 0 aliphatic carbocycles. The van der Waals surface area contributed by atoms with Gasteiger partial charge in [-0.1, -0.05) is 17.8 Å². The second kappa shape index (κ2) is 9.56. The fourth-order valence-electron chi connectivity index (χ4n) is 2.84. The number of aryl methyl sites for hydroxylation is 2. The lowest BCUT2D eigenvalue weighted by molar-refractivity contribution is 0.0982. The number of Topliss-reactive ketones (excluding diaryl/α,β-unsaturated/α-hetero) is 1. The normalized spacial score (nSPS) is 10.9. The van der Waals surface area contributed by atoms with E-state index in [0.29, 0.717) is 35.1 Å². The molecule has 0 saturated heterocycles. The number of ether oxygens (including phenoxy) is 1. The molecule has 0 unspecified atom stereocenters. The second-order valence-corrected chi connectivity index (χ2v) is 7.83. The van der Waals surface area contributed by atoms with Crippen LogP contribution in [0.1, 0.15) is 40.2 Å². The lowest BCUT2D eigenvalue weighted by Gasteiger charge is -2.08. The average molecular weight is 415 g/mol. The molecule has 0 atom stereocenters. The molecule has 0 aliphatic heterocycles. The van der Waals surface area contributed by atoms with E-state index in [4.69, 9.17) is 10.6 Å². The van der Waals surface area contributed by atoms with Gasteiger partial charge in [-0.2, -0.15) is 0 Å². The highest BCUT2D eigenvalue weighted by molar-refractivity contribution is 7.99. The predicted octanol–water partition coefficient (Wildman–Crippen LogP) is 4.08. The lowest BCUT2D eigenvalue weighted by Crippen LogP contribution is -2.16. The molecule has 8 heteroatoms. The highest BCUT2D eigenvalue weighted by Gasteiger charge is 2.12. The zero-order valence-electron chi connectivity index (χ0n) is 16.4. The number of halogens is 1. The SMILES string of the molecule is Cc1cc(C)cc(OCc2nnc(SCCCC(=O)c3ccc(F)cc3)n2N)c1. The van der Waals surface area contributed by atoms with Crippen LogP contribution in [-0.2, 0) is 6.61 Å². The Morgan fingerprint density at radius 3 is 2.52 bits per heavy atom. The summed E-state index contributed by atoms with van der Waals surface area (Å²) in [6.07, 6.45) is 1.03. The monoisotopic (exact) mass is 414 g/mol. The van der Waals surface area contributed by atoms with E-state index in [2.05, 4.69) is 16.3 Å². The van der Waals surface area contributed by atoms with Gasteiger partial charge in [0.2, 0.25) is 5.16 Å². The number of nitrogens with zero attached hydrogens (tertiary/aromatic N) is 3. The fraction of sp³-hybridized carbons (Fsp3) is 0.286. The van der Waals surface area contributed by atoms with Crippen molar-refractivity contribution in [1.29, 1.82) is 0 Å². The Balaban J connectivity index is 1.46. The number of hydrogen-bond acceptors (Lipinski definition) is 6. The van der Waals surface area contributed by atoms with Crippen molar-refractivity contribution in [3.63, 3.8) is 0 Å². The maximum absolute atomic E-state index is 12.9. The van der Waals surface area contributed by atoms with Crippen LogP contribution in [0.4, 0.5) is 4.39 Å². The first kappa shape index (κ1) is 20.9. The second-order valence-electron chi connectivity index (χ2n) is 6.76. The molecular weight excluding hydrogens is 391 g/mol. The molecule has 2 N–H and O–H groups in total. The van der Waals surface area contributed by atoms with Gasteiger partial charge >= 0.3 is 0 Å². The Labute approximate surface area is 173 Å². The van der Waals surface area contributed by atoms with Gasteiger partial charge in [0, 0.05) is 17.7 Å². The van der Waals surface area contributed by atoms with Crippen LogP contribution < -0.4 is 10.6 Å². The van der Waals surface area contributed by atoms with Crippen LogP contribution in [0, 0.1) is 19.7 Å². The Bertz CT molecular complexity index is 969. The van der Waals surface area contributed by atoms with Crippen molar-refractivity contribution >= 4 is 17.5 Å². The Kier molecular flexibility index (Phi) is 6.87. The third-order valence-corrected chi connectivity index (χ3v) is 5.27. The Morgan fingerprint density at radius 2 is 1.83 bits per heavy atom. The van der Waals surface area contributed by atoms with Crippen molar-refractivity contribution in [2.75, 3.05) is 11.6 Å². The standard InChI is InChI=1S/C21H23FN4O2S/c1-14-10-15(2)12-18(11-14)28-13-20-24-25-21(26(20)23)29-9-3-4-19(27)16-5-7-17(22)8-6-16/h5-8,10-12H,3-4,9,13,23H2,1-2H3. The zero-order chi connectivity index (χ0) is 20.8. The molecule has 0 bridgehead atoms. The van der Waals surface area contributed by atoms with Crippen LogP contribution in [0.15, 0.2) is 47.6 Å².